The molecule has 13 heteroatoms. The number of hydrogen-bond donors (Lipinski definition) is 2. The van der Waals surface area contributed by atoms with Gasteiger partial charge in [0.25, 0.3) is 0 Å². The van der Waals surface area contributed by atoms with Crippen LogP contribution in [0.3, 0.4) is 0 Å². The van der Waals surface area contributed by atoms with Crippen LogP contribution in [0.4, 0.5) is 15.1 Å². The topological polar surface area (TPSA) is 134 Å². The predicted molar refractivity (Wildman–Crippen MR) is 109 cm³/mol. The van der Waals surface area contributed by atoms with Gasteiger partial charge in [-0.15, -0.1) is 0 Å². The molecule has 0 aliphatic heterocycles. The highest BCUT2D eigenvalue weighted by molar-refractivity contribution is 7.98. The summed E-state index contributed by atoms with van der Waals surface area (Å²) in [5.41, 5.74) is 0.145. The molecule has 168 valence electrons. The summed E-state index contributed by atoms with van der Waals surface area (Å²) in [5.74, 6) is -0.401. The first-order valence-corrected chi connectivity index (χ1v) is 9.67. The van der Waals surface area contributed by atoms with Crippen molar-refractivity contribution in [3.63, 3.8) is 0 Å². The Balaban J connectivity index is 2.10. The van der Waals surface area contributed by atoms with E-state index >= 15 is 0 Å². The van der Waals surface area contributed by atoms with Gasteiger partial charge >= 0.3 is 12.0 Å². The molecule has 2 atom stereocenters. The lowest BCUT2D eigenvalue weighted by molar-refractivity contribution is -0.157. The Morgan fingerprint density at radius 1 is 1.19 bits per heavy atom. The van der Waals surface area contributed by atoms with Crippen LogP contribution in [0.25, 0.3) is 0 Å². The number of anilines is 1. The van der Waals surface area contributed by atoms with Gasteiger partial charge in [-0.3, -0.25) is 15.0 Å². The minimum atomic E-state index is -1.55. The standard InChI is InChI=1S/C18H22FN5O6S/c1-10(19)16(30-14(25)9-27-2)15-11(6-5-7-20-15)31-24-18(26)23-17-21-12(28-3)8-13(22-17)29-4/h5-8,10,16H,9H2,1-4H3,(H2,21,22,23,24,26). The zero-order chi connectivity index (χ0) is 22.8. The minimum absolute atomic E-state index is 0.0514. The maximum Gasteiger partial charge on any atom is 0.332 e. The number of hydrogen-bond acceptors (Lipinski definition) is 10. The molecule has 2 heterocycles. The summed E-state index contributed by atoms with van der Waals surface area (Å²) in [6.07, 6.45) is -1.40. The number of alkyl halides is 1. The molecule has 0 saturated heterocycles. The zero-order valence-corrected chi connectivity index (χ0v) is 18.1. The molecule has 2 rings (SSSR count). The Kier molecular flexibility index (Phi) is 9.21. The molecule has 2 aromatic heterocycles. The normalized spacial score (nSPS) is 12.4. The zero-order valence-electron chi connectivity index (χ0n) is 17.2. The second kappa shape index (κ2) is 11.9. The number of pyridine rings is 1. The molecular weight excluding hydrogens is 433 g/mol. The molecule has 0 fully saturated rings. The first-order chi connectivity index (χ1) is 14.9. The van der Waals surface area contributed by atoms with E-state index in [0.29, 0.717) is 4.90 Å². The van der Waals surface area contributed by atoms with E-state index in [1.165, 1.54) is 40.5 Å². The van der Waals surface area contributed by atoms with E-state index in [2.05, 4.69) is 25.0 Å². The van der Waals surface area contributed by atoms with E-state index in [0.717, 1.165) is 11.9 Å². The highest BCUT2D eigenvalue weighted by Gasteiger charge is 2.27. The van der Waals surface area contributed by atoms with Gasteiger partial charge in [-0.25, -0.2) is 14.0 Å². The second-order valence-electron chi connectivity index (χ2n) is 5.84. The molecule has 2 N–H and O–H groups in total. The lowest BCUT2D eigenvalue weighted by atomic mass is 10.1. The largest absolute Gasteiger partial charge is 0.481 e. The van der Waals surface area contributed by atoms with Crippen molar-refractivity contribution in [3.8, 4) is 11.8 Å². The molecule has 2 aromatic rings. The van der Waals surface area contributed by atoms with Crippen LogP contribution in [0.5, 0.6) is 11.8 Å². The van der Waals surface area contributed by atoms with Crippen molar-refractivity contribution in [2.45, 2.75) is 24.1 Å². The van der Waals surface area contributed by atoms with Crippen molar-refractivity contribution < 1.29 is 32.9 Å². The number of methoxy groups -OCH3 is 3. The number of aromatic nitrogens is 3. The van der Waals surface area contributed by atoms with Crippen molar-refractivity contribution >= 4 is 29.9 Å². The van der Waals surface area contributed by atoms with Crippen molar-refractivity contribution in [1.82, 2.24) is 19.7 Å². The Morgan fingerprint density at radius 3 is 2.45 bits per heavy atom. The predicted octanol–water partition coefficient (Wildman–Crippen LogP) is 2.31. The minimum Gasteiger partial charge on any atom is -0.481 e. The highest BCUT2D eigenvalue weighted by Crippen LogP contribution is 2.30. The van der Waals surface area contributed by atoms with E-state index in [-0.39, 0.29) is 30.0 Å². The van der Waals surface area contributed by atoms with Crippen molar-refractivity contribution in [2.75, 3.05) is 33.3 Å². The number of halogens is 1. The number of nitrogens with one attached hydrogen (secondary N) is 2. The summed E-state index contributed by atoms with van der Waals surface area (Å²) >= 11 is 0.849. The van der Waals surface area contributed by atoms with Gasteiger partial charge in [0.2, 0.25) is 17.7 Å². The molecule has 11 nitrogen and oxygen atoms in total. The van der Waals surface area contributed by atoms with Gasteiger partial charge < -0.3 is 18.9 Å². The molecule has 0 aromatic carbocycles. The van der Waals surface area contributed by atoms with Crippen LogP contribution in [0.15, 0.2) is 29.3 Å². The van der Waals surface area contributed by atoms with Crippen LogP contribution in [0.1, 0.15) is 18.7 Å². The summed E-state index contributed by atoms with van der Waals surface area (Å²) in [6.45, 7) is 0.907. The van der Waals surface area contributed by atoms with Gasteiger partial charge in [-0.05, 0) is 31.0 Å². The first-order valence-electron chi connectivity index (χ1n) is 8.86. The molecule has 0 aliphatic rings. The fraction of sp³-hybridized carbons (Fsp3) is 0.389. The Morgan fingerprint density at radius 2 is 1.87 bits per heavy atom. The third kappa shape index (κ3) is 7.22. The SMILES string of the molecule is COCC(=O)OC(c1ncccc1SNC(=O)Nc1nc(OC)cc(OC)n1)C(C)F. The first kappa shape index (κ1) is 24.1. The van der Waals surface area contributed by atoms with E-state index in [9.17, 15) is 14.0 Å². The molecule has 2 amide bonds. The van der Waals surface area contributed by atoms with E-state index < -0.39 is 24.3 Å². The highest BCUT2D eigenvalue weighted by atomic mass is 32.2. The molecular formula is C18H22FN5O6S. The Bertz CT molecular complexity index is 881. The summed E-state index contributed by atoms with van der Waals surface area (Å²) in [4.78, 5) is 36.5. The third-order valence-electron chi connectivity index (χ3n) is 3.58. The molecule has 0 saturated carbocycles. The van der Waals surface area contributed by atoms with Crippen LogP contribution in [0, 0.1) is 0 Å². The second-order valence-corrected chi connectivity index (χ2v) is 6.69. The number of amides is 2. The lowest BCUT2D eigenvalue weighted by Crippen LogP contribution is -2.25. The number of carbonyl (C=O) groups excluding carboxylic acids is 2. The van der Waals surface area contributed by atoms with E-state index in [4.69, 9.17) is 18.9 Å². The summed E-state index contributed by atoms with van der Waals surface area (Å²) < 4.78 is 36.5. The van der Waals surface area contributed by atoms with E-state index in [1.54, 1.807) is 12.1 Å². The number of rotatable bonds is 10. The van der Waals surface area contributed by atoms with Gasteiger partial charge in [0.1, 0.15) is 12.8 Å². The fourth-order valence-corrected chi connectivity index (χ4v) is 2.93. The third-order valence-corrected chi connectivity index (χ3v) is 4.44. The average Bonchev–Trinajstić information content (AvgIpc) is 2.76. The van der Waals surface area contributed by atoms with Gasteiger partial charge in [0, 0.05) is 13.3 Å². The van der Waals surface area contributed by atoms with Gasteiger partial charge in [0.05, 0.1) is 30.9 Å². The van der Waals surface area contributed by atoms with Gasteiger partial charge in [-0.2, -0.15) is 9.97 Å². The van der Waals surface area contributed by atoms with Crippen molar-refractivity contribution in [2.24, 2.45) is 0 Å². The molecule has 0 aliphatic carbocycles. The Hall–Kier alpha value is -3.19. The average molecular weight is 455 g/mol. The number of carbonyl (C=O) groups is 2. The van der Waals surface area contributed by atoms with Crippen molar-refractivity contribution in [3.05, 3.63) is 30.1 Å². The monoisotopic (exact) mass is 455 g/mol. The molecule has 0 spiro atoms. The van der Waals surface area contributed by atoms with Crippen LogP contribution in [0.2, 0.25) is 0 Å². The molecule has 31 heavy (non-hydrogen) atoms. The van der Waals surface area contributed by atoms with Crippen LogP contribution < -0.4 is 19.5 Å². The maximum absolute atomic E-state index is 14.2. The maximum atomic E-state index is 14.2. The van der Waals surface area contributed by atoms with Crippen LogP contribution in [-0.2, 0) is 14.3 Å². The number of ether oxygens (including phenoxy) is 4. The molecule has 0 radical (unpaired) electrons. The summed E-state index contributed by atoms with van der Waals surface area (Å²) in [6, 6.07) is 3.97. The van der Waals surface area contributed by atoms with Crippen molar-refractivity contribution in [1.29, 1.82) is 0 Å². The molecule has 0 bridgehead atoms. The van der Waals surface area contributed by atoms with E-state index in [1.807, 2.05) is 0 Å². The smallest absolute Gasteiger partial charge is 0.332 e. The molecule has 2 unspecified atom stereocenters. The summed E-state index contributed by atoms with van der Waals surface area (Å²) in [7, 11) is 4.14. The number of nitrogens with zero attached hydrogens (tertiary/aromatic N) is 3. The van der Waals surface area contributed by atoms with Gasteiger partial charge in [0.15, 0.2) is 6.10 Å². The van der Waals surface area contributed by atoms with Crippen LogP contribution in [-0.4, -0.2) is 61.1 Å². The summed E-state index contributed by atoms with van der Waals surface area (Å²) in [5, 5.41) is 2.43. The quantitative estimate of drug-likeness (QED) is 0.406. The lowest BCUT2D eigenvalue weighted by Gasteiger charge is -2.20. The number of urea groups is 1. The number of esters is 1. The fourth-order valence-electron chi connectivity index (χ4n) is 2.26. The van der Waals surface area contributed by atoms with Gasteiger partial charge in [-0.1, -0.05) is 0 Å². The van der Waals surface area contributed by atoms with Crippen LogP contribution >= 0.6 is 11.9 Å². The Labute approximate surface area is 182 Å².